The molecule has 7 nitrogen and oxygen atoms in total. The summed E-state index contributed by atoms with van der Waals surface area (Å²) in [6, 6.07) is 0. The molecule has 0 N–H and O–H groups in total. The molecule has 0 aromatic heterocycles. The first-order chi connectivity index (χ1) is 24.2. The van der Waals surface area contributed by atoms with E-state index in [-0.39, 0.29) is 0 Å². The first-order valence-electron chi connectivity index (χ1n) is 20.4. The van der Waals surface area contributed by atoms with Crippen LogP contribution in [-0.2, 0) is 32.3 Å². The van der Waals surface area contributed by atoms with Gasteiger partial charge in [-0.1, -0.05) is 152 Å². The van der Waals surface area contributed by atoms with Gasteiger partial charge in [0.25, 0.3) is 0 Å². The number of phosphoric acid groups is 1. The van der Waals surface area contributed by atoms with Crippen LogP contribution in [0.2, 0.25) is 0 Å². The SMILES string of the molecule is C=C(C)COCCCCCCCCCCOP(=O)(OCCCCCCCCCCOCC(=C)C)OCCCCCCCCCCOCC(=C)C. The highest BCUT2D eigenvalue weighted by Gasteiger charge is 2.26. The Kier molecular flexibility index (Phi) is 37.4. The van der Waals surface area contributed by atoms with Gasteiger partial charge in [0, 0.05) is 19.8 Å². The second-order valence-electron chi connectivity index (χ2n) is 14.5. The second kappa shape index (κ2) is 38.0. The van der Waals surface area contributed by atoms with E-state index < -0.39 is 7.82 Å². The molecule has 0 aliphatic rings. The first-order valence-corrected chi connectivity index (χ1v) is 21.9. The van der Waals surface area contributed by atoms with E-state index in [0.717, 1.165) is 94.3 Å². The summed E-state index contributed by atoms with van der Waals surface area (Å²) in [5, 5.41) is 0. The summed E-state index contributed by atoms with van der Waals surface area (Å²) >= 11 is 0. The van der Waals surface area contributed by atoms with Crippen LogP contribution in [0.4, 0.5) is 0 Å². The molecule has 0 saturated heterocycles. The van der Waals surface area contributed by atoms with Crippen LogP contribution in [0.15, 0.2) is 36.5 Å². The summed E-state index contributed by atoms with van der Waals surface area (Å²) in [6.45, 7) is 23.4. The highest BCUT2D eigenvalue weighted by Crippen LogP contribution is 2.50. The van der Waals surface area contributed by atoms with Crippen LogP contribution in [0.3, 0.4) is 0 Å². The van der Waals surface area contributed by atoms with E-state index in [1.165, 1.54) is 96.3 Å². The van der Waals surface area contributed by atoms with Crippen LogP contribution in [-0.4, -0.2) is 59.5 Å². The maximum atomic E-state index is 13.5. The van der Waals surface area contributed by atoms with Crippen LogP contribution in [0, 0.1) is 0 Å². The average molecular weight is 729 g/mol. The van der Waals surface area contributed by atoms with Gasteiger partial charge in [-0.3, -0.25) is 13.6 Å². The number of phosphoric ester groups is 1. The van der Waals surface area contributed by atoms with Gasteiger partial charge in [0.05, 0.1) is 39.6 Å². The molecule has 0 aliphatic carbocycles. The van der Waals surface area contributed by atoms with E-state index in [1.54, 1.807) is 0 Å². The lowest BCUT2D eigenvalue weighted by Crippen LogP contribution is -2.04. The molecule has 0 amide bonds. The van der Waals surface area contributed by atoms with E-state index >= 15 is 0 Å². The summed E-state index contributed by atoms with van der Waals surface area (Å²) in [6.07, 6.45) is 27.6. The highest BCUT2D eigenvalue weighted by atomic mass is 31.2. The predicted molar refractivity (Wildman–Crippen MR) is 213 cm³/mol. The average Bonchev–Trinajstić information content (AvgIpc) is 3.07. The Bertz CT molecular complexity index is 726. The molecular weight excluding hydrogens is 647 g/mol. The van der Waals surface area contributed by atoms with Crippen LogP contribution in [0.5, 0.6) is 0 Å². The fraction of sp³-hybridized carbons (Fsp3) is 0.857. The molecule has 0 aromatic rings. The molecule has 0 rings (SSSR count). The number of unbranched alkanes of at least 4 members (excludes halogenated alkanes) is 21. The molecule has 0 heterocycles. The lowest BCUT2D eigenvalue weighted by molar-refractivity contribution is 0.108. The lowest BCUT2D eigenvalue weighted by atomic mass is 10.1. The Balaban J connectivity index is 4.12. The third-order valence-electron chi connectivity index (χ3n) is 8.34. The highest BCUT2D eigenvalue weighted by molar-refractivity contribution is 7.48. The predicted octanol–water partition coefficient (Wildman–Crippen LogP) is 13.3. The van der Waals surface area contributed by atoms with Crippen molar-refractivity contribution in [1.82, 2.24) is 0 Å². The van der Waals surface area contributed by atoms with E-state index in [0.29, 0.717) is 39.6 Å². The molecule has 8 heteroatoms. The molecule has 0 aromatic carbocycles. The molecule has 296 valence electrons. The minimum Gasteiger partial charge on any atom is -0.377 e. The zero-order chi connectivity index (χ0) is 36.8. The van der Waals surface area contributed by atoms with Gasteiger partial charge in [-0.05, 0) is 59.3 Å². The largest absolute Gasteiger partial charge is 0.474 e. The quantitative estimate of drug-likeness (QED) is 0.0352. The van der Waals surface area contributed by atoms with Gasteiger partial charge in [-0.25, -0.2) is 4.57 Å². The Morgan fingerprint density at radius 1 is 0.340 bits per heavy atom. The summed E-state index contributed by atoms with van der Waals surface area (Å²) < 4.78 is 47.6. The molecular formula is C42H81O7P. The van der Waals surface area contributed by atoms with E-state index in [1.807, 2.05) is 20.8 Å². The van der Waals surface area contributed by atoms with Gasteiger partial charge >= 0.3 is 7.82 Å². The van der Waals surface area contributed by atoms with E-state index in [9.17, 15) is 4.57 Å². The monoisotopic (exact) mass is 729 g/mol. The maximum absolute atomic E-state index is 13.5. The van der Waals surface area contributed by atoms with Crippen molar-refractivity contribution in [2.45, 2.75) is 175 Å². The van der Waals surface area contributed by atoms with Crippen molar-refractivity contribution >= 4 is 7.82 Å². The summed E-state index contributed by atoms with van der Waals surface area (Å²) in [5.74, 6) is 0. The fourth-order valence-corrected chi connectivity index (χ4v) is 6.76. The summed E-state index contributed by atoms with van der Waals surface area (Å²) in [7, 11) is -3.53. The van der Waals surface area contributed by atoms with E-state index in [4.69, 9.17) is 27.8 Å². The molecule has 0 fully saturated rings. The zero-order valence-electron chi connectivity index (χ0n) is 33.3. The summed E-state index contributed by atoms with van der Waals surface area (Å²) in [5.41, 5.74) is 3.24. The van der Waals surface area contributed by atoms with Crippen molar-refractivity contribution in [2.24, 2.45) is 0 Å². The molecule has 0 bridgehead atoms. The Labute approximate surface area is 310 Å². The van der Waals surface area contributed by atoms with Crippen molar-refractivity contribution in [2.75, 3.05) is 59.5 Å². The molecule has 0 aliphatic heterocycles. The van der Waals surface area contributed by atoms with Gasteiger partial charge in [0.15, 0.2) is 0 Å². The topological polar surface area (TPSA) is 72.5 Å². The third-order valence-corrected chi connectivity index (χ3v) is 9.84. The van der Waals surface area contributed by atoms with Crippen LogP contribution >= 0.6 is 7.82 Å². The van der Waals surface area contributed by atoms with Crippen LogP contribution < -0.4 is 0 Å². The Morgan fingerprint density at radius 3 is 0.720 bits per heavy atom. The number of hydrogen-bond donors (Lipinski definition) is 0. The molecule has 50 heavy (non-hydrogen) atoms. The minimum atomic E-state index is -3.53. The van der Waals surface area contributed by atoms with E-state index in [2.05, 4.69) is 19.7 Å². The lowest BCUT2D eigenvalue weighted by Gasteiger charge is -2.18. The van der Waals surface area contributed by atoms with Crippen molar-refractivity contribution in [3.8, 4) is 0 Å². The van der Waals surface area contributed by atoms with Crippen LogP contribution in [0.25, 0.3) is 0 Å². The molecule has 0 spiro atoms. The van der Waals surface area contributed by atoms with Crippen molar-refractivity contribution in [3.05, 3.63) is 36.5 Å². The fourth-order valence-electron chi connectivity index (χ4n) is 5.48. The zero-order valence-corrected chi connectivity index (χ0v) is 34.2. The van der Waals surface area contributed by atoms with Crippen molar-refractivity contribution in [1.29, 1.82) is 0 Å². The van der Waals surface area contributed by atoms with Gasteiger partial charge in [0.2, 0.25) is 0 Å². The Morgan fingerprint density at radius 2 is 0.520 bits per heavy atom. The molecule has 0 unspecified atom stereocenters. The first kappa shape index (κ1) is 49.2. The summed E-state index contributed by atoms with van der Waals surface area (Å²) in [4.78, 5) is 0. The second-order valence-corrected chi connectivity index (χ2v) is 16.1. The number of rotatable bonds is 42. The maximum Gasteiger partial charge on any atom is 0.474 e. The van der Waals surface area contributed by atoms with Crippen LogP contribution in [0.1, 0.15) is 175 Å². The molecule has 0 radical (unpaired) electrons. The molecule has 0 saturated carbocycles. The Hall–Kier alpha value is -0.790. The normalized spacial score (nSPS) is 11.7. The number of ether oxygens (including phenoxy) is 3. The van der Waals surface area contributed by atoms with Gasteiger partial charge in [0.1, 0.15) is 0 Å². The van der Waals surface area contributed by atoms with Crippen molar-refractivity contribution < 1.29 is 32.3 Å². The van der Waals surface area contributed by atoms with Gasteiger partial charge < -0.3 is 14.2 Å². The standard InChI is InChI=1S/C42H81O7P/c1-40(2)37-44-31-25-19-13-7-10-16-22-28-34-47-50(43,48-35-29-23-17-11-8-14-20-26-32-45-38-41(3)4)49-36-30-24-18-12-9-15-21-27-33-46-39-42(5)6/h1,3,5,7-39H2,2,4,6H3. The van der Waals surface area contributed by atoms with Gasteiger partial charge in [-0.2, -0.15) is 0 Å². The molecule has 0 atom stereocenters. The van der Waals surface area contributed by atoms with Crippen molar-refractivity contribution in [3.63, 3.8) is 0 Å². The minimum absolute atomic E-state index is 0.424. The van der Waals surface area contributed by atoms with Gasteiger partial charge in [-0.15, -0.1) is 0 Å². The number of hydrogen-bond acceptors (Lipinski definition) is 7. The third kappa shape index (κ3) is 40.0. The smallest absolute Gasteiger partial charge is 0.377 e.